The zero-order valence-electron chi connectivity index (χ0n) is 17.5. The maximum atomic E-state index is 12.6. The number of benzene rings is 2. The molecule has 2 amide bonds. The zero-order chi connectivity index (χ0) is 21.7. The first-order valence-corrected chi connectivity index (χ1v) is 10.4. The number of carbonyl (C=O) groups is 2. The fraction of sp³-hybridized carbons (Fsp3) is 0.391. The predicted octanol–water partition coefficient (Wildman–Crippen LogP) is 3.77. The first-order valence-electron chi connectivity index (χ1n) is 9.99. The first kappa shape index (κ1) is 22.0. The molecule has 1 N–H and O–H groups in total. The number of hydrogen-bond donors (Lipinski definition) is 1. The Morgan fingerprint density at radius 3 is 2.23 bits per heavy atom. The molecule has 0 aliphatic carbocycles. The van der Waals surface area contributed by atoms with Gasteiger partial charge in [0, 0.05) is 29.7 Å². The molecule has 0 bridgehead atoms. The molecule has 30 heavy (non-hydrogen) atoms. The van der Waals surface area contributed by atoms with Crippen molar-refractivity contribution in [3.63, 3.8) is 0 Å². The minimum absolute atomic E-state index is 0.000703. The van der Waals surface area contributed by atoms with E-state index in [0.29, 0.717) is 42.3 Å². The Bertz CT molecular complexity index is 883. The Kier molecular flexibility index (Phi) is 7.21. The Morgan fingerprint density at radius 2 is 1.67 bits per heavy atom. The van der Waals surface area contributed by atoms with Gasteiger partial charge in [-0.3, -0.25) is 9.59 Å². The van der Waals surface area contributed by atoms with Crippen LogP contribution in [0.3, 0.4) is 0 Å². The van der Waals surface area contributed by atoms with E-state index in [1.165, 1.54) is 0 Å². The van der Waals surface area contributed by atoms with Crippen molar-refractivity contribution in [3.8, 4) is 11.5 Å². The fourth-order valence-electron chi connectivity index (χ4n) is 3.55. The summed E-state index contributed by atoms with van der Waals surface area (Å²) in [5.41, 5.74) is 2.47. The molecule has 6 nitrogen and oxygen atoms in total. The van der Waals surface area contributed by atoms with Crippen LogP contribution in [0.2, 0.25) is 5.02 Å². The molecular weight excluding hydrogens is 404 g/mol. The van der Waals surface area contributed by atoms with Crippen LogP contribution in [0.25, 0.3) is 0 Å². The Hall–Kier alpha value is -2.73. The van der Waals surface area contributed by atoms with Crippen LogP contribution >= 0.6 is 11.6 Å². The third-order valence-electron chi connectivity index (χ3n) is 5.26. The molecule has 0 radical (unpaired) electrons. The molecule has 1 aliphatic heterocycles. The van der Waals surface area contributed by atoms with Gasteiger partial charge in [0.15, 0.2) is 6.61 Å². The van der Waals surface area contributed by atoms with Gasteiger partial charge in [-0.2, -0.15) is 0 Å². The number of methoxy groups -OCH3 is 1. The van der Waals surface area contributed by atoms with E-state index in [-0.39, 0.29) is 24.5 Å². The first-order chi connectivity index (χ1) is 14.4. The zero-order valence-corrected chi connectivity index (χ0v) is 18.3. The molecule has 1 aliphatic rings. The van der Waals surface area contributed by atoms with Gasteiger partial charge in [0.05, 0.1) is 7.11 Å². The number of ether oxygens (including phenoxy) is 2. The lowest BCUT2D eigenvalue weighted by Crippen LogP contribution is -2.47. The van der Waals surface area contributed by atoms with Gasteiger partial charge in [0.1, 0.15) is 11.5 Å². The van der Waals surface area contributed by atoms with Crippen molar-refractivity contribution in [2.75, 3.05) is 26.8 Å². The van der Waals surface area contributed by atoms with Gasteiger partial charge < -0.3 is 19.7 Å². The van der Waals surface area contributed by atoms with Gasteiger partial charge in [0.25, 0.3) is 11.8 Å². The minimum Gasteiger partial charge on any atom is -0.497 e. The Morgan fingerprint density at radius 1 is 1.07 bits per heavy atom. The average Bonchev–Trinajstić information content (AvgIpc) is 2.76. The van der Waals surface area contributed by atoms with Crippen molar-refractivity contribution < 1.29 is 19.1 Å². The van der Waals surface area contributed by atoms with Crippen LogP contribution in [0.5, 0.6) is 11.5 Å². The molecule has 1 heterocycles. The minimum atomic E-state index is -0.166. The summed E-state index contributed by atoms with van der Waals surface area (Å²) in [5, 5.41) is 3.71. The van der Waals surface area contributed by atoms with Gasteiger partial charge in [-0.1, -0.05) is 11.6 Å². The fourth-order valence-corrected chi connectivity index (χ4v) is 3.66. The third kappa shape index (κ3) is 5.45. The van der Waals surface area contributed by atoms with E-state index in [1.54, 1.807) is 31.4 Å². The molecule has 0 saturated carbocycles. The van der Waals surface area contributed by atoms with Gasteiger partial charge in [0.2, 0.25) is 0 Å². The summed E-state index contributed by atoms with van der Waals surface area (Å²) >= 11 is 6.16. The highest BCUT2D eigenvalue weighted by atomic mass is 35.5. The van der Waals surface area contributed by atoms with E-state index in [2.05, 4.69) is 5.32 Å². The Balaban J connectivity index is 1.44. The number of carbonyl (C=O) groups excluding carboxylic acids is 2. The lowest BCUT2D eigenvalue weighted by atomic mass is 10.0. The van der Waals surface area contributed by atoms with Gasteiger partial charge >= 0.3 is 0 Å². The summed E-state index contributed by atoms with van der Waals surface area (Å²) in [5.74, 6) is 1.18. The quantitative estimate of drug-likeness (QED) is 0.757. The number of nitrogens with one attached hydrogen (secondary N) is 1. The van der Waals surface area contributed by atoms with Crippen molar-refractivity contribution >= 4 is 23.4 Å². The number of piperidine rings is 1. The second kappa shape index (κ2) is 9.85. The molecule has 2 aromatic carbocycles. The number of likely N-dealkylation sites (tertiary alicyclic amines) is 1. The highest BCUT2D eigenvalue weighted by molar-refractivity contribution is 6.32. The van der Waals surface area contributed by atoms with E-state index in [1.807, 2.05) is 30.9 Å². The number of nitrogens with zero attached hydrogens (tertiary/aromatic N) is 1. The number of amides is 2. The number of hydrogen-bond acceptors (Lipinski definition) is 4. The van der Waals surface area contributed by atoms with E-state index in [0.717, 1.165) is 16.9 Å². The maximum absolute atomic E-state index is 12.6. The summed E-state index contributed by atoms with van der Waals surface area (Å²) in [6, 6.07) is 10.8. The average molecular weight is 431 g/mol. The topological polar surface area (TPSA) is 67.9 Å². The highest BCUT2D eigenvalue weighted by Crippen LogP contribution is 2.25. The summed E-state index contributed by atoms with van der Waals surface area (Å²) in [4.78, 5) is 26.7. The standard InChI is InChI=1S/C23H27ClN2O4/c1-15-12-20(13-16(2)22(15)24)30-14-21(27)25-18-8-10-26(11-9-18)23(28)17-4-6-19(29-3)7-5-17/h4-7,12-13,18H,8-11,14H2,1-3H3,(H,25,27). The van der Waals surface area contributed by atoms with Crippen molar-refractivity contribution in [2.24, 2.45) is 0 Å². The molecule has 0 spiro atoms. The van der Waals surface area contributed by atoms with Crippen LogP contribution in [0, 0.1) is 13.8 Å². The van der Waals surface area contributed by atoms with Gasteiger partial charge in [-0.05, 0) is 74.2 Å². The number of halogens is 1. The second-order valence-corrected chi connectivity index (χ2v) is 7.90. The van der Waals surface area contributed by atoms with E-state index in [9.17, 15) is 9.59 Å². The number of rotatable bonds is 6. The smallest absolute Gasteiger partial charge is 0.258 e. The van der Waals surface area contributed by atoms with E-state index >= 15 is 0 Å². The summed E-state index contributed by atoms with van der Waals surface area (Å²) in [7, 11) is 1.60. The second-order valence-electron chi connectivity index (χ2n) is 7.52. The number of aryl methyl sites for hydroxylation is 2. The lowest BCUT2D eigenvalue weighted by molar-refractivity contribution is -0.124. The van der Waals surface area contributed by atoms with E-state index < -0.39 is 0 Å². The normalized spacial score (nSPS) is 14.3. The van der Waals surface area contributed by atoms with Crippen molar-refractivity contribution in [1.29, 1.82) is 0 Å². The molecule has 0 aromatic heterocycles. The van der Waals surface area contributed by atoms with Crippen LogP contribution in [0.4, 0.5) is 0 Å². The highest BCUT2D eigenvalue weighted by Gasteiger charge is 2.24. The molecule has 0 unspecified atom stereocenters. The van der Waals surface area contributed by atoms with Gasteiger partial charge in [-0.25, -0.2) is 0 Å². The van der Waals surface area contributed by atoms with E-state index in [4.69, 9.17) is 21.1 Å². The SMILES string of the molecule is COc1ccc(C(=O)N2CCC(NC(=O)COc3cc(C)c(Cl)c(C)c3)CC2)cc1. The maximum Gasteiger partial charge on any atom is 0.258 e. The van der Waals surface area contributed by atoms with Crippen LogP contribution in [-0.2, 0) is 4.79 Å². The van der Waals surface area contributed by atoms with Gasteiger partial charge in [-0.15, -0.1) is 0 Å². The summed E-state index contributed by atoms with van der Waals surface area (Å²) in [6.45, 7) is 4.97. The van der Waals surface area contributed by atoms with Crippen LogP contribution in [-0.4, -0.2) is 49.6 Å². The summed E-state index contributed by atoms with van der Waals surface area (Å²) < 4.78 is 10.7. The van der Waals surface area contributed by atoms with Crippen LogP contribution < -0.4 is 14.8 Å². The van der Waals surface area contributed by atoms with Crippen molar-refractivity contribution in [3.05, 3.63) is 58.1 Å². The molecule has 0 atom stereocenters. The molecular formula is C23H27ClN2O4. The Labute approximate surface area is 182 Å². The summed E-state index contributed by atoms with van der Waals surface area (Å²) in [6.07, 6.45) is 1.43. The van der Waals surface area contributed by atoms with Crippen LogP contribution in [0.15, 0.2) is 36.4 Å². The third-order valence-corrected chi connectivity index (χ3v) is 5.86. The molecule has 7 heteroatoms. The largest absolute Gasteiger partial charge is 0.497 e. The molecule has 3 rings (SSSR count). The van der Waals surface area contributed by atoms with Crippen molar-refractivity contribution in [1.82, 2.24) is 10.2 Å². The monoisotopic (exact) mass is 430 g/mol. The van der Waals surface area contributed by atoms with Crippen LogP contribution in [0.1, 0.15) is 34.3 Å². The molecule has 160 valence electrons. The lowest BCUT2D eigenvalue weighted by Gasteiger charge is -2.32. The molecule has 1 fully saturated rings. The molecule has 2 aromatic rings. The molecule has 1 saturated heterocycles. The van der Waals surface area contributed by atoms with Crippen molar-refractivity contribution in [2.45, 2.75) is 32.7 Å². The predicted molar refractivity (Wildman–Crippen MR) is 116 cm³/mol.